The topological polar surface area (TPSA) is 93.8 Å². The SMILES string of the molecule is COCCNC(=O)c1nn(CCC(C)C)c2c1CN(C(=O)c1cn3ccccc3n1)CC2. The quantitative estimate of drug-likeness (QED) is 0.544. The fraction of sp³-hybridized carbons (Fsp3) is 0.478. The molecule has 0 fully saturated rings. The molecule has 4 heterocycles. The third kappa shape index (κ3) is 4.52. The van der Waals surface area contributed by atoms with Gasteiger partial charge in [0.1, 0.15) is 11.3 Å². The summed E-state index contributed by atoms with van der Waals surface area (Å²) in [7, 11) is 1.59. The molecular formula is C23H30N6O3. The lowest BCUT2D eigenvalue weighted by atomic mass is 10.0. The Labute approximate surface area is 187 Å². The predicted octanol–water partition coefficient (Wildman–Crippen LogP) is 2.15. The average Bonchev–Trinajstić information content (AvgIpc) is 3.38. The second kappa shape index (κ2) is 9.52. The molecule has 1 aliphatic rings. The fourth-order valence-electron chi connectivity index (χ4n) is 3.96. The summed E-state index contributed by atoms with van der Waals surface area (Å²) in [5.74, 6) is 0.161. The largest absolute Gasteiger partial charge is 0.383 e. The molecule has 0 spiro atoms. The minimum absolute atomic E-state index is 0.139. The molecule has 1 aliphatic heterocycles. The Hall–Kier alpha value is -3.20. The summed E-state index contributed by atoms with van der Waals surface area (Å²) < 4.78 is 8.82. The zero-order valence-corrected chi connectivity index (χ0v) is 18.9. The van der Waals surface area contributed by atoms with Crippen LogP contribution in [0.15, 0.2) is 30.6 Å². The number of ether oxygens (including phenoxy) is 1. The highest BCUT2D eigenvalue weighted by molar-refractivity contribution is 5.95. The van der Waals surface area contributed by atoms with Crippen molar-refractivity contribution in [3.8, 4) is 0 Å². The van der Waals surface area contributed by atoms with Crippen molar-refractivity contribution in [2.24, 2.45) is 5.92 Å². The number of rotatable bonds is 8. The summed E-state index contributed by atoms with van der Waals surface area (Å²) in [6.45, 7) is 6.85. The fourth-order valence-corrected chi connectivity index (χ4v) is 3.96. The number of pyridine rings is 1. The Kier molecular flexibility index (Phi) is 6.55. The predicted molar refractivity (Wildman–Crippen MR) is 120 cm³/mol. The summed E-state index contributed by atoms with van der Waals surface area (Å²) in [5, 5.41) is 7.51. The van der Waals surface area contributed by atoms with E-state index in [2.05, 4.69) is 29.2 Å². The monoisotopic (exact) mass is 438 g/mol. The van der Waals surface area contributed by atoms with Crippen LogP contribution in [-0.4, -0.2) is 62.7 Å². The van der Waals surface area contributed by atoms with Crippen molar-refractivity contribution in [2.45, 2.75) is 39.8 Å². The van der Waals surface area contributed by atoms with Crippen LogP contribution in [0.3, 0.4) is 0 Å². The first-order chi connectivity index (χ1) is 15.5. The van der Waals surface area contributed by atoms with Crippen LogP contribution in [0.2, 0.25) is 0 Å². The number of nitrogens with one attached hydrogen (secondary N) is 1. The molecule has 0 unspecified atom stereocenters. The van der Waals surface area contributed by atoms with Crippen molar-refractivity contribution in [2.75, 3.05) is 26.8 Å². The highest BCUT2D eigenvalue weighted by Gasteiger charge is 2.31. The maximum Gasteiger partial charge on any atom is 0.274 e. The Morgan fingerprint density at radius 2 is 2.12 bits per heavy atom. The van der Waals surface area contributed by atoms with E-state index in [-0.39, 0.29) is 11.8 Å². The van der Waals surface area contributed by atoms with Gasteiger partial charge in [-0.1, -0.05) is 19.9 Å². The molecule has 0 bridgehead atoms. The lowest BCUT2D eigenvalue weighted by Crippen LogP contribution is -2.37. The first-order valence-corrected chi connectivity index (χ1v) is 11.1. The van der Waals surface area contributed by atoms with Gasteiger partial charge < -0.3 is 19.4 Å². The Morgan fingerprint density at radius 3 is 2.88 bits per heavy atom. The van der Waals surface area contributed by atoms with E-state index in [4.69, 9.17) is 4.74 Å². The number of hydrogen-bond donors (Lipinski definition) is 1. The molecule has 0 atom stereocenters. The number of imidazole rings is 1. The van der Waals surface area contributed by atoms with Crippen LogP contribution in [0.1, 0.15) is 52.5 Å². The Bertz CT molecular complexity index is 1080. The van der Waals surface area contributed by atoms with E-state index in [0.29, 0.717) is 50.0 Å². The van der Waals surface area contributed by atoms with Crippen LogP contribution < -0.4 is 5.32 Å². The second-order valence-corrected chi connectivity index (χ2v) is 8.50. The van der Waals surface area contributed by atoms with Gasteiger partial charge in [0.15, 0.2) is 5.69 Å². The minimum Gasteiger partial charge on any atom is -0.383 e. The van der Waals surface area contributed by atoms with Gasteiger partial charge in [-0.2, -0.15) is 5.10 Å². The summed E-state index contributed by atoms with van der Waals surface area (Å²) in [4.78, 5) is 32.3. The van der Waals surface area contributed by atoms with Gasteiger partial charge in [-0.15, -0.1) is 0 Å². The van der Waals surface area contributed by atoms with Crippen molar-refractivity contribution < 1.29 is 14.3 Å². The van der Waals surface area contributed by atoms with E-state index in [1.807, 2.05) is 33.5 Å². The number of methoxy groups -OCH3 is 1. The normalized spacial score (nSPS) is 13.6. The number of aromatic nitrogens is 4. The van der Waals surface area contributed by atoms with Crippen LogP contribution in [0.25, 0.3) is 5.65 Å². The highest BCUT2D eigenvalue weighted by atomic mass is 16.5. The third-order valence-electron chi connectivity index (χ3n) is 5.73. The van der Waals surface area contributed by atoms with Gasteiger partial charge in [-0.25, -0.2) is 4.98 Å². The summed E-state index contributed by atoms with van der Waals surface area (Å²) in [6, 6.07) is 5.66. The lowest BCUT2D eigenvalue weighted by molar-refractivity contribution is 0.0725. The van der Waals surface area contributed by atoms with E-state index >= 15 is 0 Å². The first kappa shape index (κ1) is 22.0. The van der Waals surface area contributed by atoms with Gasteiger partial charge in [-0.3, -0.25) is 14.3 Å². The van der Waals surface area contributed by atoms with Crippen molar-refractivity contribution in [1.82, 2.24) is 29.4 Å². The van der Waals surface area contributed by atoms with Gasteiger partial charge in [-0.05, 0) is 24.5 Å². The molecule has 4 rings (SSSR count). The smallest absolute Gasteiger partial charge is 0.274 e. The molecule has 0 aromatic carbocycles. The molecule has 0 saturated carbocycles. The van der Waals surface area contributed by atoms with E-state index in [0.717, 1.165) is 29.9 Å². The highest BCUT2D eigenvalue weighted by Crippen LogP contribution is 2.25. The van der Waals surface area contributed by atoms with Crippen molar-refractivity contribution in [3.05, 3.63) is 53.2 Å². The second-order valence-electron chi connectivity index (χ2n) is 8.50. The number of fused-ring (bicyclic) bond motifs is 2. The van der Waals surface area contributed by atoms with Gasteiger partial charge in [0.2, 0.25) is 0 Å². The van der Waals surface area contributed by atoms with Crippen LogP contribution in [0, 0.1) is 5.92 Å². The molecule has 1 N–H and O–H groups in total. The molecule has 9 nitrogen and oxygen atoms in total. The number of nitrogens with zero attached hydrogens (tertiary/aromatic N) is 5. The van der Waals surface area contributed by atoms with Gasteiger partial charge in [0, 0.05) is 56.8 Å². The number of hydrogen-bond acceptors (Lipinski definition) is 5. The maximum atomic E-state index is 13.2. The minimum atomic E-state index is -0.233. The van der Waals surface area contributed by atoms with Crippen LogP contribution in [0.4, 0.5) is 0 Å². The van der Waals surface area contributed by atoms with Crippen molar-refractivity contribution in [1.29, 1.82) is 0 Å². The molecule has 0 radical (unpaired) electrons. The van der Waals surface area contributed by atoms with Crippen LogP contribution >= 0.6 is 0 Å². The van der Waals surface area contributed by atoms with Crippen molar-refractivity contribution >= 4 is 17.5 Å². The zero-order chi connectivity index (χ0) is 22.7. The molecule has 0 aliphatic carbocycles. The third-order valence-corrected chi connectivity index (χ3v) is 5.73. The van der Waals surface area contributed by atoms with E-state index in [9.17, 15) is 9.59 Å². The summed E-state index contributed by atoms with van der Waals surface area (Å²) in [6.07, 6.45) is 5.25. The van der Waals surface area contributed by atoms with Crippen molar-refractivity contribution in [3.63, 3.8) is 0 Å². The van der Waals surface area contributed by atoms with E-state index in [1.54, 1.807) is 18.2 Å². The van der Waals surface area contributed by atoms with Crippen LogP contribution in [-0.2, 0) is 24.2 Å². The van der Waals surface area contributed by atoms with Gasteiger partial charge in [0.25, 0.3) is 11.8 Å². The first-order valence-electron chi connectivity index (χ1n) is 11.1. The molecule has 170 valence electrons. The van der Waals surface area contributed by atoms with Gasteiger partial charge in [0.05, 0.1) is 13.2 Å². The molecule has 3 aromatic rings. The molecule has 3 aromatic heterocycles. The standard InChI is InChI=1S/C23H30N6O3/c1-16(2)7-12-29-19-8-11-28(14-17(19)21(26-29)22(30)24-9-13-32-3)23(31)18-15-27-10-5-4-6-20(27)25-18/h4-6,10,15-16H,7-9,11-14H2,1-3H3,(H,24,30). The van der Waals surface area contributed by atoms with Gasteiger partial charge >= 0.3 is 0 Å². The Morgan fingerprint density at radius 1 is 1.28 bits per heavy atom. The molecule has 0 saturated heterocycles. The van der Waals surface area contributed by atoms with Crippen LogP contribution in [0.5, 0.6) is 0 Å². The van der Waals surface area contributed by atoms with E-state index in [1.165, 1.54) is 0 Å². The number of carbonyl (C=O) groups excluding carboxylic acids is 2. The summed E-state index contributed by atoms with van der Waals surface area (Å²) >= 11 is 0. The van der Waals surface area contributed by atoms with E-state index < -0.39 is 0 Å². The summed E-state index contributed by atoms with van der Waals surface area (Å²) in [5.41, 5.74) is 3.40. The average molecular weight is 439 g/mol. The molecule has 2 amide bonds. The Balaban J connectivity index is 1.59. The molecular weight excluding hydrogens is 408 g/mol. The lowest BCUT2D eigenvalue weighted by Gasteiger charge is -2.27. The maximum absolute atomic E-state index is 13.2. The number of aryl methyl sites for hydroxylation is 1. The molecule has 32 heavy (non-hydrogen) atoms. The number of carbonyl (C=O) groups is 2. The number of amides is 2. The molecule has 9 heteroatoms. The zero-order valence-electron chi connectivity index (χ0n) is 18.9.